The molecule has 2 heterocycles. The first-order valence-corrected chi connectivity index (χ1v) is 10.7. The average Bonchev–Trinajstić information content (AvgIpc) is 3.23. The van der Waals surface area contributed by atoms with E-state index in [1.807, 2.05) is 23.1 Å². The van der Waals surface area contributed by atoms with E-state index in [0.717, 1.165) is 4.90 Å². The van der Waals surface area contributed by atoms with Gasteiger partial charge in [-0.3, -0.25) is 9.00 Å². The SMILES string of the molecule is O=C(c1ccc(CS(=O)c2ccccc2)o1)N1CCN(c2ccccc2F)CC1. The molecule has 1 fully saturated rings. The maximum absolute atomic E-state index is 14.0. The Morgan fingerprint density at radius 3 is 2.34 bits per heavy atom. The number of hydrogen-bond donors (Lipinski definition) is 0. The molecule has 29 heavy (non-hydrogen) atoms. The van der Waals surface area contributed by atoms with Gasteiger partial charge in [0.1, 0.15) is 11.6 Å². The van der Waals surface area contributed by atoms with E-state index >= 15 is 0 Å². The van der Waals surface area contributed by atoms with Crippen molar-refractivity contribution in [1.29, 1.82) is 0 Å². The summed E-state index contributed by atoms with van der Waals surface area (Å²) < 4.78 is 32.0. The van der Waals surface area contributed by atoms with Crippen molar-refractivity contribution in [3.05, 3.63) is 84.1 Å². The van der Waals surface area contributed by atoms with Crippen molar-refractivity contribution < 1.29 is 17.8 Å². The molecule has 150 valence electrons. The molecule has 0 N–H and O–H groups in total. The molecule has 7 heteroatoms. The number of carbonyl (C=O) groups is 1. The van der Waals surface area contributed by atoms with Crippen molar-refractivity contribution in [2.75, 3.05) is 31.1 Å². The van der Waals surface area contributed by atoms with E-state index in [-0.39, 0.29) is 23.2 Å². The summed E-state index contributed by atoms with van der Waals surface area (Å²) in [6.45, 7) is 2.08. The maximum atomic E-state index is 14.0. The number of carbonyl (C=O) groups excluding carboxylic acids is 1. The van der Waals surface area contributed by atoms with Crippen LogP contribution in [0.5, 0.6) is 0 Å². The van der Waals surface area contributed by atoms with Gasteiger partial charge < -0.3 is 14.2 Å². The van der Waals surface area contributed by atoms with Crippen LogP contribution in [-0.4, -0.2) is 41.2 Å². The first kappa shape index (κ1) is 19.4. The summed E-state index contributed by atoms with van der Waals surface area (Å²) in [5, 5.41) is 0. The lowest BCUT2D eigenvalue weighted by Crippen LogP contribution is -2.49. The van der Waals surface area contributed by atoms with E-state index in [4.69, 9.17) is 4.42 Å². The summed E-state index contributed by atoms with van der Waals surface area (Å²) in [6.07, 6.45) is 0. The number of nitrogens with zero attached hydrogens (tertiary/aromatic N) is 2. The molecule has 1 aromatic heterocycles. The molecular formula is C22H21FN2O3S. The Morgan fingerprint density at radius 1 is 0.931 bits per heavy atom. The molecule has 3 aromatic rings. The third-order valence-electron chi connectivity index (χ3n) is 4.91. The molecule has 5 nitrogen and oxygen atoms in total. The number of furan rings is 1. The number of hydrogen-bond acceptors (Lipinski definition) is 4. The van der Waals surface area contributed by atoms with Crippen LogP contribution in [0.1, 0.15) is 16.3 Å². The van der Waals surface area contributed by atoms with Gasteiger partial charge in [-0.2, -0.15) is 0 Å². The first-order chi connectivity index (χ1) is 14.1. The van der Waals surface area contributed by atoms with Crippen molar-refractivity contribution >= 4 is 22.4 Å². The molecule has 0 saturated carbocycles. The molecule has 0 aliphatic carbocycles. The quantitative estimate of drug-likeness (QED) is 0.641. The minimum atomic E-state index is -1.23. The lowest BCUT2D eigenvalue weighted by Gasteiger charge is -2.35. The molecule has 1 aliphatic rings. The van der Waals surface area contributed by atoms with Gasteiger partial charge >= 0.3 is 0 Å². The van der Waals surface area contributed by atoms with Crippen LogP contribution < -0.4 is 4.90 Å². The van der Waals surface area contributed by atoms with E-state index in [2.05, 4.69) is 0 Å². The molecule has 1 amide bonds. The maximum Gasteiger partial charge on any atom is 0.289 e. The normalized spacial score (nSPS) is 15.3. The van der Waals surface area contributed by atoms with Crippen LogP contribution in [0, 0.1) is 5.82 Å². The van der Waals surface area contributed by atoms with E-state index in [1.54, 1.807) is 47.4 Å². The van der Waals surface area contributed by atoms with Crippen LogP contribution in [0.2, 0.25) is 0 Å². The van der Waals surface area contributed by atoms with E-state index in [1.165, 1.54) is 6.07 Å². The Balaban J connectivity index is 1.36. The number of amides is 1. The van der Waals surface area contributed by atoms with Crippen molar-refractivity contribution in [3.63, 3.8) is 0 Å². The van der Waals surface area contributed by atoms with Crippen molar-refractivity contribution in [2.45, 2.75) is 10.6 Å². The molecule has 2 aromatic carbocycles. The van der Waals surface area contributed by atoms with Crippen molar-refractivity contribution in [2.24, 2.45) is 0 Å². The second-order valence-electron chi connectivity index (χ2n) is 6.80. The van der Waals surface area contributed by atoms with Crippen LogP contribution in [0.3, 0.4) is 0 Å². The number of rotatable bonds is 5. The predicted molar refractivity (Wildman–Crippen MR) is 110 cm³/mol. The molecule has 0 bridgehead atoms. The topological polar surface area (TPSA) is 53.8 Å². The third kappa shape index (κ3) is 4.40. The van der Waals surface area contributed by atoms with Crippen LogP contribution in [-0.2, 0) is 16.6 Å². The predicted octanol–water partition coefficient (Wildman–Crippen LogP) is 3.69. The van der Waals surface area contributed by atoms with Crippen LogP contribution >= 0.6 is 0 Å². The van der Waals surface area contributed by atoms with Gasteiger partial charge in [-0.25, -0.2) is 4.39 Å². The zero-order valence-electron chi connectivity index (χ0n) is 15.8. The Bertz CT molecular complexity index is 1010. The van der Waals surface area contributed by atoms with E-state index in [9.17, 15) is 13.4 Å². The highest BCUT2D eigenvalue weighted by molar-refractivity contribution is 7.84. The largest absolute Gasteiger partial charge is 0.455 e. The summed E-state index contributed by atoms with van der Waals surface area (Å²) in [6, 6.07) is 19.1. The van der Waals surface area contributed by atoms with Gasteiger partial charge in [-0.15, -0.1) is 0 Å². The molecular weight excluding hydrogens is 391 g/mol. The average molecular weight is 412 g/mol. The number of halogens is 1. The molecule has 1 atom stereocenters. The lowest BCUT2D eigenvalue weighted by molar-refractivity contribution is 0.0713. The van der Waals surface area contributed by atoms with Crippen LogP contribution in [0.25, 0.3) is 0 Å². The fourth-order valence-electron chi connectivity index (χ4n) is 3.37. The summed E-state index contributed by atoms with van der Waals surface area (Å²) in [4.78, 5) is 17.1. The highest BCUT2D eigenvalue weighted by Crippen LogP contribution is 2.21. The van der Waals surface area contributed by atoms with Gasteiger partial charge in [-0.05, 0) is 36.4 Å². The van der Waals surface area contributed by atoms with Gasteiger partial charge in [0.05, 0.1) is 22.2 Å². The van der Waals surface area contributed by atoms with Crippen LogP contribution in [0.15, 0.2) is 76.0 Å². The zero-order chi connectivity index (χ0) is 20.2. The second-order valence-corrected chi connectivity index (χ2v) is 8.25. The molecule has 1 saturated heterocycles. The fourth-order valence-corrected chi connectivity index (χ4v) is 4.41. The summed E-state index contributed by atoms with van der Waals surface area (Å²) in [5.41, 5.74) is 0.559. The molecule has 0 radical (unpaired) electrons. The Morgan fingerprint density at radius 2 is 1.62 bits per heavy atom. The molecule has 1 aliphatic heterocycles. The number of para-hydroxylation sites is 1. The number of benzene rings is 2. The standard InChI is InChI=1S/C22H21FN2O3S/c23-19-8-4-5-9-20(19)24-12-14-25(15-13-24)22(26)21-11-10-17(28-21)16-29(27)18-6-2-1-3-7-18/h1-11H,12-16H2. The third-order valence-corrected chi connectivity index (χ3v) is 6.26. The summed E-state index contributed by atoms with van der Waals surface area (Å²) in [7, 11) is -1.23. The summed E-state index contributed by atoms with van der Waals surface area (Å²) >= 11 is 0. The zero-order valence-corrected chi connectivity index (χ0v) is 16.6. The van der Waals surface area contributed by atoms with E-state index < -0.39 is 10.8 Å². The highest BCUT2D eigenvalue weighted by Gasteiger charge is 2.25. The molecule has 0 spiro atoms. The molecule has 4 rings (SSSR count). The minimum Gasteiger partial charge on any atom is -0.455 e. The van der Waals surface area contributed by atoms with Crippen LogP contribution in [0.4, 0.5) is 10.1 Å². The Labute approximate surface area is 171 Å². The van der Waals surface area contributed by atoms with Gasteiger partial charge in [0, 0.05) is 31.1 Å². The smallest absolute Gasteiger partial charge is 0.289 e. The van der Waals surface area contributed by atoms with Crippen molar-refractivity contribution in [3.8, 4) is 0 Å². The first-order valence-electron chi connectivity index (χ1n) is 9.43. The second kappa shape index (κ2) is 8.61. The Hall–Kier alpha value is -2.93. The number of piperazine rings is 1. The van der Waals surface area contributed by atoms with E-state index in [0.29, 0.717) is 37.6 Å². The fraction of sp³-hybridized carbons (Fsp3) is 0.227. The summed E-state index contributed by atoms with van der Waals surface area (Å²) in [5.74, 6) is 0.521. The van der Waals surface area contributed by atoms with Gasteiger partial charge in [-0.1, -0.05) is 30.3 Å². The van der Waals surface area contributed by atoms with Crippen molar-refractivity contribution in [1.82, 2.24) is 4.90 Å². The lowest BCUT2D eigenvalue weighted by atomic mass is 10.2. The van der Waals surface area contributed by atoms with Gasteiger partial charge in [0.2, 0.25) is 0 Å². The minimum absolute atomic E-state index is 0.199. The monoisotopic (exact) mass is 412 g/mol. The molecule has 1 unspecified atom stereocenters. The number of anilines is 1. The highest BCUT2D eigenvalue weighted by atomic mass is 32.2. The van der Waals surface area contributed by atoms with Gasteiger partial charge in [0.25, 0.3) is 5.91 Å². The van der Waals surface area contributed by atoms with Gasteiger partial charge in [0.15, 0.2) is 5.76 Å². The Kier molecular flexibility index (Phi) is 5.76.